The van der Waals surface area contributed by atoms with Crippen LogP contribution in [0.2, 0.25) is 5.02 Å². The van der Waals surface area contributed by atoms with Crippen molar-refractivity contribution < 1.29 is 23.9 Å². The van der Waals surface area contributed by atoms with E-state index in [9.17, 15) is 14.4 Å². The van der Waals surface area contributed by atoms with E-state index >= 15 is 0 Å². The van der Waals surface area contributed by atoms with Crippen LogP contribution in [0.15, 0.2) is 60.2 Å². The van der Waals surface area contributed by atoms with Crippen molar-refractivity contribution >= 4 is 41.2 Å². The van der Waals surface area contributed by atoms with Gasteiger partial charge >= 0.3 is 6.03 Å². The smallest absolute Gasteiger partial charge is 0.335 e. The van der Waals surface area contributed by atoms with Crippen LogP contribution < -0.4 is 19.7 Å². The highest BCUT2D eigenvalue weighted by molar-refractivity contribution is 6.39. The van der Waals surface area contributed by atoms with Crippen molar-refractivity contribution in [3.8, 4) is 11.5 Å². The van der Waals surface area contributed by atoms with Crippen LogP contribution in [0.4, 0.5) is 10.5 Å². The number of urea groups is 1. The molecule has 0 aliphatic carbocycles. The number of amides is 4. The van der Waals surface area contributed by atoms with E-state index in [1.165, 1.54) is 30.4 Å². The van der Waals surface area contributed by atoms with E-state index in [2.05, 4.69) is 18.3 Å². The quantitative estimate of drug-likeness (QED) is 0.353. The second-order valence-corrected chi connectivity index (χ2v) is 8.94. The maximum Gasteiger partial charge on any atom is 0.335 e. The Morgan fingerprint density at radius 1 is 0.889 bits per heavy atom. The Labute approximate surface area is 214 Å². The lowest BCUT2D eigenvalue weighted by atomic mass is 10.1. The van der Waals surface area contributed by atoms with Crippen LogP contribution in [-0.2, 0) is 16.2 Å². The summed E-state index contributed by atoms with van der Waals surface area (Å²) in [7, 11) is 1.51. The second kappa shape index (κ2) is 10.3. The molecule has 0 aromatic heterocycles. The van der Waals surface area contributed by atoms with Gasteiger partial charge in [-0.2, -0.15) is 0 Å². The number of nitrogens with zero attached hydrogens (tertiary/aromatic N) is 1. The fourth-order valence-electron chi connectivity index (χ4n) is 3.81. The number of imide groups is 2. The molecule has 7 nitrogen and oxygen atoms in total. The molecule has 0 radical (unpaired) electrons. The molecule has 3 aromatic carbocycles. The van der Waals surface area contributed by atoms with E-state index in [0.717, 1.165) is 10.5 Å². The van der Waals surface area contributed by atoms with Gasteiger partial charge in [0, 0.05) is 5.02 Å². The highest BCUT2D eigenvalue weighted by atomic mass is 35.5. The van der Waals surface area contributed by atoms with E-state index in [0.29, 0.717) is 39.9 Å². The normalized spacial score (nSPS) is 14.8. The van der Waals surface area contributed by atoms with Gasteiger partial charge in [-0.1, -0.05) is 41.9 Å². The van der Waals surface area contributed by atoms with Crippen molar-refractivity contribution in [1.29, 1.82) is 0 Å². The Hall–Kier alpha value is -4.10. The molecule has 1 aliphatic heterocycles. The first-order chi connectivity index (χ1) is 17.2. The molecule has 0 saturated carbocycles. The molecule has 0 atom stereocenters. The third-order valence-corrected chi connectivity index (χ3v) is 6.21. The Morgan fingerprint density at radius 2 is 1.64 bits per heavy atom. The maximum atomic E-state index is 13.2. The number of methoxy groups -OCH3 is 1. The van der Waals surface area contributed by atoms with Crippen LogP contribution in [0.1, 0.15) is 27.8 Å². The Bertz CT molecular complexity index is 1410. The monoisotopic (exact) mass is 504 g/mol. The first kappa shape index (κ1) is 25.0. The number of anilines is 1. The second-order valence-electron chi connectivity index (χ2n) is 8.51. The zero-order chi connectivity index (χ0) is 26.0. The summed E-state index contributed by atoms with van der Waals surface area (Å²) >= 11 is 6.08. The zero-order valence-corrected chi connectivity index (χ0v) is 21.1. The van der Waals surface area contributed by atoms with Crippen LogP contribution in [0.3, 0.4) is 0 Å². The number of benzene rings is 3. The molecule has 1 N–H and O–H groups in total. The molecule has 1 heterocycles. The minimum atomic E-state index is -0.833. The summed E-state index contributed by atoms with van der Waals surface area (Å²) in [6, 6.07) is 15.2. The van der Waals surface area contributed by atoms with Crippen LogP contribution in [0, 0.1) is 20.8 Å². The highest BCUT2D eigenvalue weighted by Crippen LogP contribution is 2.31. The number of nitrogens with one attached hydrogen (secondary N) is 1. The van der Waals surface area contributed by atoms with Crippen molar-refractivity contribution in [1.82, 2.24) is 5.32 Å². The van der Waals surface area contributed by atoms with Gasteiger partial charge in [-0.25, -0.2) is 9.69 Å². The van der Waals surface area contributed by atoms with Crippen LogP contribution in [0.25, 0.3) is 6.08 Å². The largest absolute Gasteiger partial charge is 0.493 e. The molecule has 0 bridgehead atoms. The van der Waals surface area contributed by atoms with Gasteiger partial charge in [-0.05, 0) is 78.9 Å². The number of halogens is 1. The summed E-state index contributed by atoms with van der Waals surface area (Å²) in [5.41, 5.74) is 4.71. The van der Waals surface area contributed by atoms with Gasteiger partial charge in [0.2, 0.25) is 0 Å². The lowest BCUT2D eigenvalue weighted by Crippen LogP contribution is -2.54. The van der Waals surface area contributed by atoms with Crippen molar-refractivity contribution in [3.63, 3.8) is 0 Å². The number of ether oxygens (including phenoxy) is 2. The van der Waals surface area contributed by atoms with Crippen molar-refractivity contribution in [2.45, 2.75) is 27.4 Å². The minimum Gasteiger partial charge on any atom is -0.493 e. The number of aryl methyl sites for hydroxylation is 3. The Morgan fingerprint density at radius 3 is 2.36 bits per heavy atom. The van der Waals surface area contributed by atoms with Gasteiger partial charge in [-0.15, -0.1) is 0 Å². The minimum absolute atomic E-state index is 0.195. The topological polar surface area (TPSA) is 84.9 Å². The molecule has 184 valence electrons. The number of hydrogen-bond acceptors (Lipinski definition) is 5. The number of barbiturate groups is 1. The number of carbonyl (C=O) groups excluding carboxylic acids is 3. The van der Waals surface area contributed by atoms with Gasteiger partial charge in [0.15, 0.2) is 11.5 Å². The van der Waals surface area contributed by atoms with Gasteiger partial charge in [0.25, 0.3) is 11.8 Å². The van der Waals surface area contributed by atoms with Crippen LogP contribution in [0.5, 0.6) is 11.5 Å². The summed E-state index contributed by atoms with van der Waals surface area (Å²) < 4.78 is 11.4. The molecule has 4 rings (SSSR count). The molecule has 1 fully saturated rings. The molecule has 8 heteroatoms. The first-order valence-corrected chi connectivity index (χ1v) is 11.6. The lowest BCUT2D eigenvalue weighted by Gasteiger charge is -2.27. The molecule has 0 unspecified atom stereocenters. The predicted octanol–water partition coefficient (Wildman–Crippen LogP) is 5.52. The number of rotatable bonds is 6. The van der Waals surface area contributed by atoms with Gasteiger partial charge < -0.3 is 9.47 Å². The molecule has 0 spiro atoms. The van der Waals surface area contributed by atoms with Crippen molar-refractivity contribution in [2.75, 3.05) is 12.0 Å². The standard InChI is InChI=1S/C28H25ClN2O5/c1-16-5-7-20(11-18(16)3)15-36-24-10-8-19(13-25(24)35-4)12-22-26(32)30-28(34)31(27(22)33)23-14-21(29)9-6-17(23)2/h5-14H,15H2,1-4H3,(H,30,32,34)/b22-12+. The fourth-order valence-corrected chi connectivity index (χ4v) is 3.98. The first-order valence-electron chi connectivity index (χ1n) is 11.2. The molecular formula is C28H25ClN2O5. The maximum absolute atomic E-state index is 13.2. The van der Waals surface area contributed by atoms with E-state index < -0.39 is 17.8 Å². The van der Waals surface area contributed by atoms with Gasteiger partial charge in [0.1, 0.15) is 12.2 Å². The van der Waals surface area contributed by atoms with E-state index in [-0.39, 0.29) is 5.57 Å². The molecular weight excluding hydrogens is 480 g/mol. The zero-order valence-electron chi connectivity index (χ0n) is 20.3. The van der Waals surface area contributed by atoms with Crippen molar-refractivity contribution in [2.24, 2.45) is 0 Å². The van der Waals surface area contributed by atoms with Gasteiger partial charge in [0.05, 0.1) is 12.8 Å². The third-order valence-electron chi connectivity index (χ3n) is 5.98. The summed E-state index contributed by atoms with van der Waals surface area (Å²) in [6.45, 7) is 6.20. The van der Waals surface area contributed by atoms with Gasteiger partial charge in [-0.3, -0.25) is 14.9 Å². The molecule has 1 saturated heterocycles. The molecule has 3 aromatic rings. The third kappa shape index (κ3) is 5.11. The van der Waals surface area contributed by atoms with E-state index in [4.69, 9.17) is 21.1 Å². The highest BCUT2D eigenvalue weighted by Gasteiger charge is 2.37. The average Bonchev–Trinajstić information content (AvgIpc) is 2.84. The molecule has 4 amide bonds. The predicted molar refractivity (Wildman–Crippen MR) is 138 cm³/mol. The number of hydrogen-bond donors (Lipinski definition) is 1. The SMILES string of the molecule is COc1cc(/C=C2\C(=O)NC(=O)N(c3cc(Cl)ccc3C)C2=O)ccc1OCc1ccc(C)c(C)c1. The van der Waals surface area contributed by atoms with Crippen LogP contribution >= 0.6 is 11.6 Å². The average molecular weight is 505 g/mol. The van der Waals surface area contributed by atoms with E-state index in [1.54, 1.807) is 37.3 Å². The van der Waals surface area contributed by atoms with Crippen LogP contribution in [-0.4, -0.2) is 25.0 Å². The van der Waals surface area contributed by atoms with E-state index in [1.807, 2.05) is 19.1 Å². The van der Waals surface area contributed by atoms with Crippen molar-refractivity contribution in [3.05, 3.63) is 93.0 Å². The summed E-state index contributed by atoms with van der Waals surface area (Å²) in [4.78, 5) is 39.2. The fraction of sp³-hybridized carbons (Fsp3) is 0.179. The molecule has 1 aliphatic rings. The lowest BCUT2D eigenvalue weighted by molar-refractivity contribution is -0.122. The Kier molecular flexibility index (Phi) is 7.12. The Balaban J connectivity index is 1.61. The molecule has 36 heavy (non-hydrogen) atoms. The number of carbonyl (C=O) groups is 3. The summed E-state index contributed by atoms with van der Waals surface area (Å²) in [5, 5.41) is 2.58. The summed E-state index contributed by atoms with van der Waals surface area (Å²) in [6.07, 6.45) is 1.41. The summed E-state index contributed by atoms with van der Waals surface area (Å²) in [5.74, 6) is -0.572.